The molecule has 1 fully saturated rings. The fourth-order valence-electron chi connectivity index (χ4n) is 7.94. The van der Waals surface area contributed by atoms with E-state index in [9.17, 15) is 29.4 Å². The molecule has 7 aromatic rings. The minimum absolute atomic E-state index is 0.0351. The van der Waals surface area contributed by atoms with Crippen molar-refractivity contribution in [3.8, 4) is 28.6 Å². The zero-order chi connectivity index (χ0) is 43.9. The van der Waals surface area contributed by atoms with Crippen LogP contribution in [0, 0.1) is 0 Å². The van der Waals surface area contributed by atoms with Crippen LogP contribution in [0.15, 0.2) is 91.5 Å². The molecular weight excluding hydrogens is 809 g/mol. The molecule has 0 bridgehead atoms. The summed E-state index contributed by atoms with van der Waals surface area (Å²) in [6.45, 7) is 6.52. The van der Waals surface area contributed by atoms with Gasteiger partial charge in [-0.05, 0) is 66.9 Å². The predicted octanol–water partition coefficient (Wildman–Crippen LogP) is 6.14. The van der Waals surface area contributed by atoms with Gasteiger partial charge in [-0.3, -0.25) is 19.0 Å². The maximum atomic E-state index is 13.6. The number of hydrogen-bond donors (Lipinski definition) is 3. The Morgan fingerprint density at radius 2 is 1.62 bits per heavy atom. The molecule has 63 heavy (non-hydrogen) atoms. The molecule has 0 spiro atoms. The first-order valence-electron chi connectivity index (χ1n) is 20.4. The highest BCUT2D eigenvalue weighted by Crippen LogP contribution is 2.38. The molecule has 17 heteroatoms. The van der Waals surface area contributed by atoms with Gasteiger partial charge in [0.15, 0.2) is 18.2 Å². The number of fused-ring (bicyclic) bond motifs is 5. The summed E-state index contributed by atoms with van der Waals surface area (Å²) < 4.78 is 19.8. The van der Waals surface area contributed by atoms with Gasteiger partial charge in [-0.25, -0.2) is 9.78 Å². The lowest BCUT2D eigenvalue weighted by Crippen LogP contribution is -2.51. The second-order valence-corrected chi connectivity index (χ2v) is 15.5. The second kappa shape index (κ2) is 16.5. The van der Waals surface area contributed by atoms with Crippen LogP contribution in [0.4, 0.5) is 4.79 Å². The van der Waals surface area contributed by atoms with Gasteiger partial charge in [0.1, 0.15) is 24.4 Å². The molecule has 9 rings (SSSR count). The molecule has 0 saturated carbocycles. The van der Waals surface area contributed by atoms with Gasteiger partial charge in [-0.1, -0.05) is 32.0 Å². The van der Waals surface area contributed by atoms with Crippen molar-refractivity contribution in [1.29, 1.82) is 0 Å². The maximum Gasteiger partial charge on any atom is 0.514 e. The summed E-state index contributed by atoms with van der Waals surface area (Å²) in [5.74, 6) is -1.32. The summed E-state index contributed by atoms with van der Waals surface area (Å²) in [5, 5.41) is 34.4. The monoisotopic (exact) mass is 850 g/mol. The van der Waals surface area contributed by atoms with E-state index in [-0.39, 0.29) is 79.1 Å². The minimum Gasteiger partial charge on any atom is -0.508 e. The number of nitrogens with zero attached hydrogens (tertiary/aromatic N) is 7. The summed E-state index contributed by atoms with van der Waals surface area (Å²) in [6.07, 6.45) is 4.19. The van der Waals surface area contributed by atoms with Crippen LogP contribution < -0.4 is 5.32 Å². The molecule has 0 atom stereocenters. The van der Waals surface area contributed by atoms with Gasteiger partial charge >= 0.3 is 6.16 Å². The number of nitrogens with one attached hydrogen (secondary N) is 1. The van der Waals surface area contributed by atoms with E-state index in [0.717, 1.165) is 32.9 Å². The Hall–Kier alpha value is -7.95. The number of aromatic hydroxyl groups is 2. The van der Waals surface area contributed by atoms with Crippen molar-refractivity contribution in [1.82, 2.24) is 39.3 Å². The molecule has 0 radical (unpaired) electrons. The average Bonchev–Trinajstić information content (AvgIpc) is 3.88. The smallest absolute Gasteiger partial charge is 0.508 e. The van der Waals surface area contributed by atoms with Crippen molar-refractivity contribution in [2.75, 3.05) is 39.3 Å². The van der Waals surface area contributed by atoms with E-state index in [1.54, 1.807) is 42.2 Å². The number of para-hydroxylation sites is 1. The highest BCUT2D eigenvalue weighted by atomic mass is 16.7. The van der Waals surface area contributed by atoms with Gasteiger partial charge in [-0.2, -0.15) is 0 Å². The molecule has 1 saturated heterocycles. The Balaban J connectivity index is 0.825. The quantitative estimate of drug-likeness (QED) is 0.140. The van der Waals surface area contributed by atoms with Crippen molar-refractivity contribution in [2.45, 2.75) is 33.3 Å². The van der Waals surface area contributed by atoms with Crippen molar-refractivity contribution in [2.24, 2.45) is 0 Å². The molecule has 4 aromatic heterocycles. The molecule has 6 heterocycles. The predicted molar refractivity (Wildman–Crippen MR) is 230 cm³/mol. The van der Waals surface area contributed by atoms with Crippen LogP contribution in [0.3, 0.4) is 0 Å². The first-order chi connectivity index (χ1) is 30.5. The Kier molecular flexibility index (Phi) is 10.6. The first-order valence-corrected chi connectivity index (χ1v) is 20.4. The largest absolute Gasteiger partial charge is 0.514 e. The Morgan fingerprint density at radius 3 is 2.38 bits per heavy atom. The molecule has 320 valence electrons. The van der Waals surface area contributed by atoms with Gasteiger partial charge < -0.3 is 43.9 Å². The number of piperazine rings is 1. The number of ether oxygens (including phenoxy) is 3. The fourth-order valence-corrected chi connectivity index (χ4v) is 7.94. The fraction of sp³-hybridized carbons (Fsp3) is 0.239. The van der Waals surface area contributed by atoms with Crippen LogP contribution in [0.5, 0.6) is 11.5 Å². The number of aromatic nitrogens is 5. The summed E-state index contributed by atoms with van der Waals surface area (Å²) in [7, 11) is 0. The van der Waals surface area contributed by atoms with Crippen LogP contribution in [-0.4, -0.2) is 107 Å². The van der Waals surface area contributed by atoms with E-state index in [1.807, 2.05) is 61.0 Å². The maximum absolute atomic E-state index is 13.6. The normalized spacial score (nSPS) is 13.8. The van der Waals surface area contributed by atoms with Crippen LogP contribution in [0.25, 0.3) is 50.2 Å². The molecule has 3 N–H and O–H groups in total. The van der Waals surface area contributed by atoms with Gasteiger partial charge in [0.05, 0.1) is 22.1 Å². The third-order valence-electron chi connectivity index (χ3n) is 11.2. The minimum atomic E-state index is -1.07. The zero-order valence-corrected chi connectivity index (χ0v) is 34.6. The summed E-state index contributed by atoms with van der Waals surface area (Å²) in [4.78, 5) is 60.7. The number of rotatable bonds is 9. The third kappa shape index (κ3) is 7.68. The van der Waals surface area contributed by atoms with Crippen molar-refractivity contribution in [3.63, 3.8) is 0 Å². The summed E-state index contributed by atoms with van der Waals surface area (Å²) in [6, 6.07) is 21.2. The Morgan fingerprint density at radius 1 is 0.857 bits per heavy atom. The Labute approximate surface area is 359 Å². The number of carbonyl (C=O) groups is 4. The SMILES string of the molecule is CCNC(=O)c1nnc(-c2cc(C(C)C)c(O)cc2O)n1-c1ccc(C(=O)N2CCN(C(=O)COC(=O)OC3=COCc4cn5cc6cc7ccccc7nc6c5cc43)CC2)cc1. The van der Waals surface area contributed by atoms with E-state index in [4.69, 9.17) is 19.2 Å². The number of pyridine rings is 2. The Bertz CT molecular complexity index is 3000. The number of phenols is 2. The van der Waals surface area contributed by atoms with Crippen molar-refractivity contribution < 1.29 is 43.6 Å². The number of phenolic OH excluding ortho intramolecular Hbond substituents is 2. The molecule has 0 aliphatic carbocycles. The molecule has 3 amide bonds. The summed E-state index contributed by atoms with van der Waals surface area (Å²) in [5.41, 5.74) is 5.58. The lowest BCUT2D eigenvalue weighted by Gasteiger charge is -2.34. The van der Waals surface area contributed by atoms with Gasteiger partial charge in [0, 0.05) is 84.3 Å². The zero-order valence-electron chi connectivity index (χ0n) is 34.6. The van der Waals surface area contributed by atoms with Gasteiger partial charge in [0.2, 0.25) is 5.82 Å². The molecule has 2 aliphatic rings. The topological polar surface area (TPSA) is 203 Å². The van der Waals surface area contributed by atoms with Crippen molar-refractivity contribution >= 4 is 57.0 Å². The molecule has 17 nitrogen and oxygen atoms in total. The van der Waals surface area contributed by atoms with Crippen LogP contribution in [-0.2, 0) is 25.6 Å². The van der Waals surface area contributed by atoms with E-state index >= 15 is 0 Å². The number of carbonyl (C=O) groups excluding carboxylic acids is 4. The third-order valence-corrected chi connectivity index (χ3v) is 11.2. The average molecular weight is 851 g/mol. The standard InChI is InChI=1S/C46H42N8O9/c1-4-47-44(58)43-50-49-42(34-18-32(26(2)3)37(55)20-38(34)56)54(43)31-11-9-27(10-12-31)45(59)52-15-13-51(14-16-52)40(57)25-62-46(60)63-39-24-61-23-30-22-53-21-29-17-28-7-5-6-8-35(28)48-41(29)36(53)19-33(30)39/h5-12,17-22,24,26,55-56H,4,13-16,23,25H2,1-3H3,(H,47,58). The number of amides is 3. The number of benzene rings is 3. The van der Waals surface area contributed by atoms with E-state index in [0.29, 0.717) is 28.9 Å². The highest BCUT2D eigenvalue weighted by Gasteiger charge is 2.28. The van der Waals surface area contributed by atoms with E-state index in [2.05, 4.69) is 21.6 Å². The molecular formula is C46H42N8O9. The second-order valence-electron chi connectivity index (χ2n) is 15.5. The lowest BCUT2D eigenvalue weighted by molar-refractivity contribution is -0.136. The van der Waals surface area contributed by atoms with Crippen LogP contribution in [0.2, 0.25) is 0 Å². The lowest BCUT2D eigenvalue weighted by atomic mass is 9.98. The van der Waals surface area contributed by atoms with Gasteiger partial charge in [0.25, 0.3) is 17.7 Å². The highest BCUT2D eigenvalue weighted by molar-refractivity contribution is 6.01. The van der Waals surface area contributed by atoms with Gasteiger partial charge in [-0.15, -0.1) is 10.2 Å². The van der Waals surface area contributed by atoms with E-state index < -0.39 is 24.6 Å². The first kappa shape index (κ1) is 40.5. The molecule has 2 aliphatic heterocycles. The summed E-state index contributed by atoms with van der Waals surface area (Å²) >= 11 is 0. The van der Waals surface area contributed by atoms with Crippen LogP contribution in [0.1, 0.15) is 64.4 Å². The number of hydrogen-bond acceptors (Lipinski definition) is 12. The van der Waals surface area contributed by atoms with E-state index in [1.165, 1.54) is 21.8 Å². The molecule has 3 aromatic carbocycles. The van der Waals surface area contributed by atoms with Crippen molar-refractivity contribution in [3.05, 3.63) is 120 Å². The molecule has 0 unspecified atom stereocenters. The van der Waals surface area contributed by atoms with Crippen LogP contribution >= 0.6 is 0 Å².